The third-order valence-corrected chi connectivity index (χ3v) is 4.81. The Hall–Kier alpha value is -3.38. The third kappa shape index (κ3) is 4.38. The Kier molecular flexibility index (Phi) is 5.44. The molecule has 4 rings (SSSR count). The van der Waals surface area contributed by atoms with Gasteiger partial charge < -0.3 is 19.7 Å². The Morgan fingerprint density at radius 2 is 1.76 bits per heavy atom. The van der Waals surface area contributed by atoms with Crippen LogP contribution in [0, 0.1) is 0 Å². The molecule has 0 saturated heterocycles. The second-order valence-corrected chi connectivity index (χ2v) is 7.07. The van der Waals surface area contributed by atoms with Gasteiger partial charge in [-0.25, -0.2) is 0 Å². The summed E-state index contributed by atoms with van der Waals surface area (Å²) in [7, 11) is 0. The molecule has 0 aliphatic rings. The Balaban J connectivity index is 1.32. The minimum absolute atomic E-state index is 0.148. The van der Waals surface area contributed by atoms with E-state index >= 15 is 0 Å². The maximum atomic E-state index is 12.4. The lowest BCUT2D eigenvalue weighted by molar-refractivity contribution is -0.127. The molecule has 2 aromatic carbocycles. The quantitative estimate of drug-likeness (QED) is 0.509. The molecule has 2 N–H and O–H groups in total. The number of hydrogen-bond donors (Lipinski definition) is 2. The summed E-state index contributed by atoms with van der Waals surface area (Å²) < 4.78 is 7.75. The number of hydrogen-bond acceptors (Lipinski definition) is 4. The number of benzene rings is 2. The molecule has 2 aromatic heterocycles. The molecule has 2 heterocycles. The average molecular weight is 389 g/mol. The SMILES string of the molecule is C[C@@H](Oc1cccc2cccnc12)C(=O)NC[C@@H](O)Cn1cc2ccccc2c1. The topological polar surface area (TPSA) is 76.4 Å². The molecular weight excluding hydrogens is 366 g/mol. The molecule has 0 bridgehead atoms. The minimum atomic E-state index is -0.705. The van der Waals surface area contributed by atoms with E-state index in [9.17, 15) is 9.90 Å². The van der Waals surface area contributed by atoms with Crippen molar-refractivity contribution >= 4 is 27.6 Å². The lowest BCUT2D eigenvalue weighted by Crippen LogP contribution is -2.41. The van der Waals surface area contributed by atoms with Gasteiger partial charge in [0.25, 0.3) is 5.91 Å². The first-order chi connectivity index (χ1) is 14.1. The van der Waals surface area contributed by atoms with Crippen molar-refractivity contribution in [3.05, 3.63) is 73.2 Å². The zero-order valence-corrected chi connectivity index (χ0v) is 16.2. The van der Waals surface area contributed by atoms with Crippen molar-refractivity contribution in [2.45, 2.75) is 25.7 Å². The molecule has 29 heavy (non-hydrogen) atoms. The van der Waals surface area contributed by atoms with E-state index in [2.05, 4.69) is 10.3 Å². The number of nitrogens with one attached hydrogen (secondary N) is 1. The van der Waals surface area contributed by atoms with Crippen LogP contribution in [-0.2, 0) is 11.3 Å². The highest BCUT2D eigenvalue weighted by atomic mass is 16.5. The molecule has 0 aliphatic heterocycles. The number of aliphatic hydroxyl groups is 1. The summed E-state index contributed by atoms with van der Waals surface area (Å²) in [6.45, 7) is 2.23. The van der Waals surface area contributed by atoms with Gasteiger partial charge in [-0.1, -0.05) is 42.5 Å². The van der Waals surface area contributed by atoms with Crippen LogP contribution in [-0.4, -0.2) is 39.3 Å². The number of nitrogens with zero attached hydrogens (tertiary/aromatic N) is 2. The molecule has 0 saturated carbocycles. The zero-order chi connectivity index (χ0) is 20.2. The number of aromatic nitrogens is 2. The van der Waals surface area contributed by atoms with Gasteiger partial charge in [0.15, 0.2) is 6.10 Å². The van der Waals surface area contributed by atoms with Crippen LogP contribution in [0.25, 0.3) is 21.7 Å². The highest BCUT2D eigenvalue weighted by molar-refractivity contribution is 5.86. The molecule has 0 spiro atoms. The van der Waals surface area contributed by atoms with Gasteiger partial charge in [-0.15, -0.1) is 0 Å². The normalized spacial score (nSPS) is 13.3. The fourth-order valence-corrected chi connectivity index (χ4v) is 3.33. The van der Waals surface area contributed by atoms with Gasteiger partial charge in [0, 0.05) is 37.1 Å². The van der Waals surface area contributed by atoms with Gasteiger partial charge in [-0.3, -0.25) is 9.78 Å². The van der Waals surface area contributed by atoms with Crippen molar-refractivity contribution in [1.82, 2.24) is 14.9 Å². The molecule has 2 atom stereocenters. The number of ether oxygens (including phenoxy) is 1. The largest absolute Gasteiger partial charge is 0.479 e. The van der Waals surface area contributed by atoms with Crippen molar-refractivity contribution in [3.63, 3.8) is 0 Å². The predicted octanol–water partition coefficient (Wildman–Crippen LogP) is 3.13. The average Bonchev–Trinajstić information content (AvgIpc) is 3.14. The molecule has 0 radical (unpaired) electrons. The number of para-hydroxylation sites is 1. The van der Waals surface area contributed by atoms with Crippen molar-refractivity contribution in [1.29, 1.82) is 0 Å². The van der Waals surface area contributed by atoms with Crippen molar-refractivity contribution in [3.8, 4) is 5.75 Å². The summed E-state index contributed by atoms with van der Waals surface area (Å²) >= 11 is 0. The molecule has 0 aliphatic carbocycles. The zero-order valence-electron chi connectivity index (χ0n) is 16.2. The number of pyridine rings is 1. The van der Waals surface area contributed by atoms with E-state index in [0.717, 1.165) is 16.2 Å². The van der Waals surface area contributed by atoms with E-state index in [4.69, 9.17) is 4.74 Å². The fraction of sp³-hybridized carbons (Fsp3) is 0.217. The summed E-state index contributed by atoms with van der Waals surface area (Å²) in [5.74, 6) is 0.278. The number of amides is 1. The van der Waals surface area contributed by atoms with Crippen LogP contribution in [0.5, 0.6) is 5.75 Å². The van der Waals surface area contributed by atoms with Crippen LogP contribution in [0.3, 0.4) is 0 Å². The van der Waals surface area contributed by atoms with Crippen LogP contribution >= 0.6 is 0 Å². The van der Waals surface area contributed by atoms with Gasteiger partial charge >= 0.3 is 0 Å². The molecule has 4 aromatic rings. The number of carbonyl (C=O) groups excluding carboxylic acids is 1. The van der Waals surface area contributed by atoms with Gasteiger partial charge in [0.1, 0.15) is 11.3 Å². The van der Waals surface area contributed by atoms with Crippen LogP contribution in [0.15, 0.2) is 73.2 Å². The molecule has 0 fully saturated rings. The van der Waals surface area contributed by atoms with E-state index in [0.29, 0.717) is 17.8 Å². The highest BCUT2D eigenvalue weighted by Gasteiger charge is 2.17. The van der Waals surface area contributed by atoms with Crippen molar-refractivity contribution in [2.75, 3.05) is 6.54 Å². The lowest BCUT2D eigenvalue weighted by atomic mass is 10.2. The Morgan fingerprint density at radius 3 is 2.52 bits per heavy atom. The van der Waals surface area contributed by atoms with E-state index in [1.54, 1.807) is 19.2 Å². The molecular formula is C23H23N3O3. The molecule has 6 nitrogen and oxygen atoms in total. The van der Waals surface area contributed by atoms with Crippen LogP contribution in [0.4, 0.5) is 0 Å². The van der Waals surface area contributed by atoms with Crippen LogP contribution in [0.2, 0.25) is 0 Å². The van der Waals surface area contributed by atoms with Crippen LogP contribution < -0.4 is 10.1 Å². The van der Waals surface area contributed by atoms with Gasteiger partial charge in [-0.05, 0) is 29.8 Å². The van der Waals surface area contributed by atoms with E-state index in [1.807, 2.05) is 65.5 Å². The smallest absolute Gasteiger partial charge is 0.260 e. The monoisotopic (exact) mass is 389 g/mol. The number of rotatable bonds is 7. The Labute approximate surface area is 168 Å². The summed E-state index contributed by atoms with van der Waals surface area (Å²) in [5.41, 5.74) is 0.717. The van der Waals surface area contributed by atoms with Crippen LogP contribution in [0.1, 0.15) is 6.92 Å². The number of fused-ring (bicyclic) bond motifs is 2. The van der Waals surface area contributed by atoms with E-state index in [1.165, 1.54) is 0 Å². The summed E-state index contributed by atoms with van der Waals surface area (Å²) in [4.78, 5) is 16.7. The first kappa shape index (κ1) is 19.0. The highest BCUT2D eigenvalue weighted by Crippen LogP contribution is 2.24. The Bertz CT molecular complexity index is 1100. The first-order valence-electron chi connectivity index (χ1n) is 9.61. The fourth-order valence-electron chi connectivity index (χ4n) is 3.33. The summed E-state index contributed by atoms with van der Waals surface area (Å²) in [6, 6.07) is 17.4. The van der Waals surface area contributed by atoms with Crippen molar-refractivity contribution in [2.24, 2.45) is 0 Å². The predicted molar refractivity (Wildman–Crippen MR) is 113 cm³/mol. The van der Waals surface area contributed by atoms with E-state index in [-0.39, 0.29) is 12.5 Å². The van der Waals surface area contributed by atoms with Crippen molar-refractivity contribution < 1.29 is 14.6 Å². The second kappa shape index (κ2) is 8.32. The summed E-state index contributed by atoms with van der Waals surface area (Å²) in [5, 5.41) is 16.3. The molecule has 148 valence electrons. The molecule has 0 unspecified atom stereocenters. The maximum absolute atomic E-state index is 12.4. The summed E-state index contributed by atoms with van der Waals surface area (Å²) in [6.07, 6.45) is 4.26. The molecule has 1 amide bonds. The third-order valence-electron chi connectivity index (χ3n) is 4.81. The Morgan fingerprint density at radius 1 is 1.07 bits per heavy atom. The number of aliphatic hydroxyl groups excluding tert-OH is 1. The lowest BCUT2D eigenvalue weighted by Gasteiger charge is -2.17. The van der Waals surface area contributed by atoms with Gasteiger partial charge in [-0.2, -0.15) is 0 Å². The van der Waals surface area contributed by atoms with E-state index < -0.39 is 12.2 Å². The maximum Gasteiger partial charge on any atom is 0.260 e. The first-order valence-corrected chi connectivity index (χ1v) is 9.61. The number of carbonyl (C=O) groups is 1. The van der Waals surface area contributed by atoms with Gasteiger partial charge in [0.2, 0.25) is 0 Å². The van der Waals surface area contributed by atoms with Gasteiger partial charge in [0.05, 0.1) is 6.10 Å². The standard InChI is InChI=1S/C23H23N3O3/c1-16(29-21-10-4-8-17-9-5-11-24-22(17)21)23(28)25-12-20(27)15-26-13-18-6-2-3-7-19(18)14-26/h2-11,13-14,16,20,27H,12,15H2,1H3,(H,25,28)/t16-,20-/m1/s1. The minimum Gasteiger partial charge on any atom is -0.479 e. The second-order valence-electron chi connectivity index (χ2n) is 7.07. The molecule has 6 heteroatoms.